The maximum absolute atomic E-state index is 2.50. The van der Waals surface area contributed by atoms with Gasteiger partial charge < -0.3 is 0 Å². The predicted molar refractivity (Wildman–Crippen MR) is 123 cm³/mol. The van der Waals surface area contributed by atoms with Crippen LogP contribution in [0.25, 0.3) is 12.2 Å². The van der Waals surface area contributed by atoms with Crippen molar-refractivity contribution in [3.05, 3.63) is 80.9 Å². The minimum absolute atomic E-state index is 0.587. The summed E-state index contributed by atoms with van der Waals surface area (Å²) in [5.41, 5.74) is 12.2. The zero-order valence-corrected chi connectivity index (χ0v) is 18.0. The first-order chi connectivity index (χ1) is 13.7. The number of aryl methyl sites for hydroxylation is 4. The van der Waals surface area contributed by atoms with Crippen molar-refractivity contribution in [3.63, 3.8) is 0 Å². The van der Waals surface area contributed by atoms with Gasteiger partial charge in [-0.2, -0.15) is 0 Å². The van der Waals surface area contributed by atoms with Gasteiger partial charge in [-0.1, -0.05) is 76.3 Å². The molecule has 0 heterocycles. The molecule has 0 aromatic heterocycles. The Labute approximate surface area is 171 Å². The Morgan fingerprint density at radius 3 is 1.25 bits per heavy atom. The van der Waals surface area contributed by atoms with Crippen LogP contribution >= 0.6 is 0 Å². The Morgan fingerprint density at radius 1 is 0.536 bits per heavy atom. The second-order valence-electron chi connectivity index (χ2n) is 8.42. The molecule has 28 heavy (non-hydrogen) atoms. The van der Waals surface area contributed by atoms with Crippen molar-refractivity contribution in [2.45, 2.75) is 78.1 Å². The number of hydrogen-bond acceptors (Lipinski definition) is 0. The predicted octanol–water partition coefficient (Wildman–Crippen LogP) is 7.64. The number of allylic oxidation sites excluding steroid dienone is 2. The van der Waals surface area contributed by atoms with Gasteiger partial charge in [0.05, 0.1) is 0 Å². The van der Waals surface area contributed by atoms with E-state index in [1.807, 2.05) is 0 Å². The van der Waals surface area contributed by atoms with Crippen LogP contribution in [0.2, 0.25) is 0 Å². The molecule has 2 unspecified atom stereocenters. The molecule has 0 fully saturated rings. The monoisotopic (exact) mass is 370 g/mol. The molecule has 0 saturated heterocycles. The standard InChI is InChI=1S/C28H34/c1-5-19-15-25-13-11-23(27(25)17-21(19)7-3)9-10-24-12-14-26-16-20(6-2)22(8-4)18-28(24)26/h11-18,23-24H,5-10H2,1-4H3. The second kappa shape index (κ2) is 8.11. The fraction of sp³-hybridized carbons (Fsp3) is 0.429. The molecule has 2 aromatic carbocycles. The van der Waals surface area contributed by atoms with Gasteiger partial charge in [-0.3, -0.25) is 0 Å². The minimum atomic E-state index is 0.587. The topological polar surface area (TPSA) is 0 Å². The molecule has 2 aliphatic carbocycles. The summed E-state index contributed by atoms with van der Waals surface area (Å²) in [5.74, 6) is 1.17. The van der Waals surface area contributed by atoms with Crippen molar-refractivity contribution in [3.8, 4) is 0 Å². The van der Waals surface area contributed by atoms with E-state index in [9.17, 15) is 0 Å². The van der Waals surface area contributed by atoms with Crippen molar-refractivity contribution >= 4 is 12.2 Å². The van der Waals surface area contributed by atoms with E-state index in [1.165, 1.54) is 35.1 Å². The summed E-state index contributed by atoms with van der Waals surface area (Å²) in [6.45, 7) is 9.12. The van der Waals surface area contributed by atoms with Crippen LogP contribution in [-0.4, -0.2) is 0 Å². The van der Waals surface area contributed by atoms with E-state index in [4.69, 9.17) is 0 Å². The van der Waals surface area contributed by atoms with Gasteiger partial charge in [-0.15, -0.1) is 0 Å². The van der Waals surface area contributed by atoms with E-state index < -0.39 is 0 Å². The quantitative estimate of drug-likeness (QED) is 0.470. The van der Waals surface area contributed by atoms with Crippen LogP contribution in [0.4, 0.5) is 0 Å². The highest BCUT2D eigenvalue weighted by molar-refractivity contribution is 5.66. The number of rotatable bonds is 7. The van der Waals surface area contributed by atoms with Gasteiger partial charge in [0.25, 0.3) is 0 Å². The molecular weight excluding hydrogens is 336 g/mol. The van der Waals surface area contributed by atoms with Crippen LogP contribution in [0, 0.1) is 0 Å². The van der Waals surface area contributed by atoms with Crippen molar-refractivity contribution < 1.29 is 0 Å². The van der Waals surface area contributed by atoms with E-state index >= 15 is 0 Å². The fourth-order valence-electron chi connectivity index (χ4n) is 5.21. The summed E-state index contributed by atoms with van der Waals surface area (Å²) >= 11 is 0. The van der Waals surface area contributed by atoms with Gasteiger partial charge >= 0.3 is 0 Å². The van der Waals surface area contributed by atoms with E-state index in [-0.39, 0.29) is 0 Å². The molecule has 2 atom stereocenters. The molecule has 0 nitrogen and oxygen atoms in total. The summed E-state index contributed by atoms with van der Waals surface area (Å²) in [6.07, 6.45) is 16.6. The van der Waals surface area contributed by atoms with Gasteiger partial charge in [0.1, 0.15) is 0 Å². The lowest BCUT2D eigenvalue weighted by atomic mass is 9.86. The number of benzene rings is 2. The normalized spacial score (nSPS) is 19.3. The third-order valence-corrected chi connectivity index (χ3v) is 6.94. The number of fused-ring (bicyclic) bond motifs is 2. The summed E-state index contributed by atoms with van der Waals surface area (Å²) in [5, 5.41) is 0. The maximum atomic E-state index is 2.50. The largest absolute Gasteiger partial charge is 0.0764 e. The highest BCUT2D eigenvalue weighted by atomic mass is 14.3. The van der Waals surface area contributed by atoms with Crippen molar-refractivity contribution in [1.29, 1.82) is 0 Å². The molecule has 4 rings (SSSR count). The van der Waals surface area contributed by atoms with Gasteiger partial charge in [0, 0.05) is 11.8 Å². The average Bonchev–Trinajstić information content (AvgIpc) is 3.32. The first-order valence-electron chi connectivity index (χ1n) is 11.4. The van der Waals surface area contributed by atoms with Crippen molar-refractivity contribution in [1.82, 2.24) is 0 Å². The molecular formula is C28H34. The molecule has 2 aromatic rings. The lowest BCUT2D eigenvalue weighted by molar-refractivity contribution is 0.641. The van der Waals surface area contributed by atoms with Crippen LogP contribution < -0.4 is 0 Å². The zero-order chi connectivity index (χ0) is 19.7. The minimum Gasteiger partial charge on any atom is -0.0764 e. The molecule has 0 bridgehead atoms. The summed E-state index contributed by atoms with van der Waals surface area (Å²) in [4.78, 5) is 0. The first-order valence-corrected chi connectivity index (χ1v) is 11.4. The Kier molecular flexibility index (Phi) is 5.58. The van der Waals surface area contributed by atoms with Gasteiger partial charge in [-0.05, 0) is 83.0 Å². The van der Waals surface area contributed by atoms with Crippen molar-refractivity contribution in [2.24, 2.45) is 0 Å². The Bertz CT molecular complexity index is 848. The SMILES string of the molecule is CCc1cc2c(cc1CC)C(CCC1C=Cc3cc(CC)c(CC)cc31)C=C2. The molecule has 146 valence electrons. The average molecular weight is 371 g/mol. The van der Waals surface area contributed by atoms with E-state index in [0.717, 1.165) is 25.7 Å². The Balaban J connectivity index is 1.51. The zero-order valence-electron chi connectivity index (χ0n) is 18.0. The Hall–Kier alpha value is -2.08. The van der Waals surface area contributed by atoms with Crippen LogP contribution in [0.1, 0.15) is 96.9 Å². The summed E-state index contributed by atoms with van der Waals surface area (Å²) < 4.78 is 0. The first kappa shape index (κ1) is 19.2. The van der Waals surface area contributed by atoms with E-state index in [1.54, 1.807) is 22.3 Å². The molecule has 0 N–H and O–H groups in total. The van der Waals surface area contributed by atoms with Crippen LogP contribution in [0.15, 0.2) is 36.4 Å². The third-order valence-electron chi connectivity index (χ3n) is 6.94. The van der Waals surface area contributed by atoms with Gasteiger partial charge in [0.15, 0.2) is 0 Å². The fourth-order valence-corrected chi connectivity index (χ4v) is 5.21. The molecule has 2 aliphatic rings. The smallest absolute Gasteiger partial charge is 0.00276 e. The lowest BCUT2D eigenvalue weighted by Crippen LogP contribution is -2.02. The van der Waals surface area contributed by atoms with Crippen LogP contribution in [0.3, 0.4) is 0 Å². The molecule has 0 aliphatic heterocycles. The number of hydrogen-bond donors (Lipinski definition) is 0. The van der Waals surface area contributed by atoms with Gasteiger partial charge in [0.2, 0.25) is 0 Å². The lowest BCUT2D eigenvalue weighted by Gasteiger charge is -2.18. The van der Waals surface area contributed by atoms with Gasteiger partial charge in [-0.25, -0.2) is 0 Å². The third kappa shape index (κ3) is 3.39. The molecule has 0 saturated carbocycles. The van der Waals surface area contributed by atoms with Crippen LogP contribution in [0.5, 0.6) is 0 Å². The highest BCUT2D eigenvalue weighted by Crippen LogP contribution is 2.41. The maximum Gasteiger partial charge on any atom is 0.00276 e. The molecule has 0 heteroatoms. The molecule has 0 spiro atoms. The second-order valence-corrected chi connectivity index (χ2v) is 8.42. The highest BCUT2D eigenvalue weighted by Gasteiger charge is 2.23. The Morgan fingerprint density at radius 2 is 0.893 bits per heavy atom. The summed E-state index contributed by atoms with van der Waals surface area (Å²) in [7, 11) is 0. The van der Waals surface area contributed by atoms with E-state index in [0.29, 0.717) is 11.8 Å². The molecule has 0 amide bonds. The van der Waals surface area contributed by atoms with Crippen LogP contribution in [-0.2, 0) is 25.7 Å². The molecule has 0 radical (unpaired) electrons. The van der Waals surface area contributed by atoms with E-state index in [2.05, 4.69) is 76.3 Å². The van der Waals surface area contributed by atoms with Crippen molar-refractivity contribution in [2.75, 3.05) is 0 Å². The summed E-state index contributed by atoms with van der Waals surface area (Å²) in [6, 6.07) is 9.88.